The third-order valence-corrected chi connectivity index (χ3v) is 3.57. The predicted molar refractivity (Wildman–Crippen MR) is 65.1 cm³/mol. The second-order valence-corrected chi connectivity index (χ2v) is 5.30. The zero-order valence-electron chi connectivity index (χ0n) is 9.68. The molecule has 0 unspecified atom stereocenters. The molecule has 0 aromatic carbocycles. The summed E-state index contributed by atoms with van der Waals surface area (Å²) < 4.78 is 5.64. The fourth-order valence-electron chi connectivity index (χ4n) is 2.13. The second-order valence-electron chi connectivity index (χ2n) is 4.35. The number of carbonyl (C=O) groups excluding carboxylic acids is 1. The number of Topliss-reactive ketones (excluding diaryl/α,β-unsaturated/α-hetero) is 1. The molecule has 2 heterocycles. The van der Waals surface area contributed by atoms with Crippen LogP contribution in [0.1, 0.15) is 23.5 Å². The first-order chi connectivity index (χ1) is 7.65. The lowest BCUT2D eigenvalue weighted by Gasteiger charge is -2.34. The summed E-state index contributed by atoms with van der Waals surface area (Å²) in [5, 5.41) is 1.94. The highest BCUT2D eigenvalue weighted by atomic mass is 32.1. The maximum Gasteiger partial charge on any atom is 0.186 e. The van der Waals surface area contributed by atoms with Gasteiger partial charge in [0.05, 0.1) is 23.6 Å². The summed E-state index contributed by atoms with van der Waals surface area (Å²) in [7, 11) is 0. The van der Waals surface area contributed by atoms with E-state index in [1.54, 1.807) is 0 Å². The van der Waals surface area contributed by atoms with Crippen molar-refractivity contribution in [3.05, 3.63) is 22.4 Å². The maximum absolute atomic E-state index is 11.9. The zero-order chi connectivity index (χ0) is 11.5. The summed E-state index contributed by atoms with van der Waals surface area (Å²) in [6.45, 7) is 6.32. The summed E-state index contributed by atoms with van der Waals surface area (Å²) >= 11 is 1.51. The molecule has 88 valence electrons. The van der Waals surface area contributed by atoms with Crippen LogP contribution in [0.5, 0.6) is 0 Å². The van der Waals surface area contributed by atoms with Crippen molar-refractivity contribution in [2.45, 2.75) is 26.1 Å². The Morgan fingerprint density at radius 2 is 2.19 bits per heavy atom. The molecule has 1 aliphatic heterocycles. The first-order valence-corrected chi connectivity index (χ1v) is 6.47. The van der Waals surface area contributed by atoms with Crippen LogP contribution in [0.4, 0.5) is 0 Å². The van der Waals surface area contributed by atoms with Gasteiger partial charge in [-0.3, -0.25) is 9.69 Å². The van der Waals surface area contributed by atoms with Crippen LogP contribution < -0.4 is 0 Å². The van der Waals surface area contributed by atoms with Gasteiger partial charge in [-0.15, -0.1) is 11.3 Å². The van der Waals surface area contributed by atoms with Crippen LogP contribution in [0.3, 0.4) is 0 Å². The molecule has 1 aliphatic rings. The average molecular weight is 239 g/mol. The van der Waals surface area contributed by atoms with Crippen LogP contribution in [0.25, 0.3) is 0 Å². The lowest BCUT2D eigenvalue weighted by molar-refractivity contribution is -0.0652. The summed E-state index contributed by atoms with van der Waals surface area (Å²) in [5.41, 5.74) is 0. The van der Waals surface area contributed by atoms with E-state index in [-0.39, 0.29) is 18.0 Å². The topological polar surface area (TPSA) is 29.5 Å². The molecular formula is C12H17NO2S. The molecule has 1 aromatic heterocycles. The molecule has 0 amide bonds. The highest BCUT2D eigenvalue weighted by molar-refractivity contribution is 7.12. The highest BCUT2D eigenvalue weighted by Crippen LogP contribution is 2.14. The van der Waals surface area contributed by atoms with Gasteiger partial charge in [0.1, 0.15) is 0 Å². The molecule has 16 heavy (non-hydrogen) atoms. The number of rotatable bonds is 3. The summed E-state index contributed by atoms with van der Waals surface area (Å²) in [5.74, 6) is 0.219. The molecule has 0 saturated carbocycles. The van der Waals surface area contributed by atoms with Crippen LogP contribution in [-0.4, -0.2) is 42.5 Å². The van der Waals surface area contributed by atoms with E-state index in [2.05, 4.69) is 18.7 Å². The molecule has 0 N–H and O–H groups in total. The Labute approximate surface area is 100 Å². The summed E-state index contributed by atoms with van der Waals surface area (Å²) in [6, 6.07) is 3.81. The van der Waals surface area contributed by atoms with Gasteiger partial charge in [0.25, 0.3) is 0 Å². The Morgan fingerprint density at radius 3 is 2.75 bits per heavy atom. The summed E-state index contributed by atoms with van der Waals surface area (Å²) in [4.78, 5) is 15.0. The van der Waals surface area contributed by atoms with Crippen molar-refractivity contribution in [3.63, 3.8) is 0 Å². The van der Waals surface area contributed by atoms with Crippen LogP contribution >= 0.6 is 11.3 Å². The van der Waals surface area contributed by atoms with E-state index in [0.29, 0.717) is 6.54 Å². The van der Waals surface area contributed by atoms with Gasteiger partial charge in [-0.1, -0.05) is 6.07 Å². The van der Waals surface area contributed by atoms with Crippen molar-refractivity contribution in [2.24, 2.45) is 0 Å². The Morgan fingerprint density at radius 1 is 1.50 bits per heavy atom. The van der Waals surface area contributed by atoms with Crippen molar-refractivity contribution in [1.82, 2.24) is 4.90 Å². The molecular weight excluding hydrogens is 222 g/mol. The molecule has 1 saturated heterocycles. The lowest BCUT2D eigenvalue weighted by Crippen LogP contribution is -2.47. The fraction of sp³-hybridized carbons (Fsp3) is 0.583. The number of carbonyl (C=O) groups is 1. The van der Waals surface area contributed by atoms with Crippen molar-refractivity contribution in [2.75, 3.05) is 19.6 Å². The molecule has 1 fully saturated rings. The van der Waals surface area contributed by atoms with Crippen molar-refractivity contribution < 1.29 is 9.53 Å². The number of nitrogens with zero attached hydrogens (tertiary/aromatic N) is 1. The van der Waals surface area contributed by atoms with Crippen LogP contribution in [-0.2, 0) is 4.74 Å². The van der Waals surface area contributed by atoms with Crippen molar-refractivity contribution in [3.8, 4) is 0 Å². The molecule has 0 spiro atoms. The number of thiophene rings is 1. The SMILES string of the molecule is C[C@@H]1CN(CC(=O)c2cccs2)C[C@H](C)O1. The molecule has 0 bridgehead atoms. The van der Waals surface area contributed by atoms with Gasteiger partial charge in [-0.2, -0.15) is 0 Å². The van der Waals surface area contributed by atoms with E-state index >= 15 is 0 Å². The minimum absolute atomic E-state index is 0.219. The molecule has 4 heteroatoms. The number of hydrogen-bond donors (Lipinski definition) is 0. The predicted octanol–water partition coefficient (Wildman–Crippen LogP) is 2.04. The van der Waals surface area contributed by atoms with E-state index in [0.717, 1.165) is 18.0 Å². The van der Waals surface area contributed by atoms with Crippen molar-refractivity contribution in [1.29, 1.82) is 0 Å². The van der Waals surface area contributed by atoms with E-state index in [1.807, 2.05) is 17.5 Å². The average Bonchev–Trinajstić information content (AvgIpc) is 2.68. The number of hydrogen-bond acceptors (Lipinski definition) is 4. The standard InChI is InChI=1S/C12H17NO2S/c1-9-6-13(7-10(2)15-9)8-11(14)12-4-3-5-16-12/h3-5,9-10H,6-8H2,1-2H3/t9-,10+. The highest BCUT2D eigenvalue weighted by Gasteiger charge is 2.24. The molecule has 0 radical (unpaired) electrons. The maximum atomic E-state index is 11.9. The second kappa shape index (κ2) is 5.08. The van der Waals surface area contributed by atoms with E-state index in [1.165, 1.54) is 11.3 Å². The largest absolute Gasteiger partial charge is 0.373 e. The van der Waals surface area contributed by atoms with Gasteiger partial charge < -0.3 is 4.74 Å². The molecule has 1 aromatic rings. The Balaban J connectivity index is 1.92. The third kappa shape index (κ3) is 2.90. The van der Waals surface area contributed by atoms with Crippen LogP contribution in [0.2, 0.25) is 0 Å². The van der Waals surface area contributed by atoms with Gasteiger partial charge in [-0.05, 0) is 25.3 Å². The third-order valence-electron chi connectivity index (χ3n) is 2.66. The van der Waals surface area contributed by atoms with E-state index < -0.39 is 0 Å². The quantitative estimate of drug-likeness (QED) is 0.756. The smallest absolute Gasteiger partial charge is 0.186 e. The monoisotopic (exact) mass is 239 g/mol. The van der Waals surface area contributed by atoms with E-state index in [9.17, 15) is 4.79 Å². The number of ketones is 1. The first kappa shape index (κ1) is 11.8. The van der Waals surface area contributed by atoms with Gasteiger partial charge >= 0.3 is 0 Å². The lowest BCUT2D eigenvalue weighted by atomic mass is 10.2. The van der Waals surface area contributed by atoms with Crippen LogP contribution in [0.15, 0.2) is 17.5 Å². The van der Waals surface area contributed by atoms with Crippen LogP contribution in [0, 0.1) is 0 Å². The zero-order valence-corrected chi connectivity index (χ0v) is 10.5. The Hall–Kier alpha value is -0.710. The normalized spacial score (nSPS) is 26.9. The minimum Gasteiger partial charge on any atom is -0.373 e. The number of ether oxygens (including phenoxy) is 1. The molecule has 0 aliphatic carbocycles. The Bertz CT molecular complexity index is 340. The van der Waals surface area contributed by atoms with Gasteiger partial charge in [0.2, 0.25) is 0 Å². The van der Waals surface area contributed by atoms with Gasteiger partial charge in [0.15, 0.2) is 5.78 Å². The minimum atomic E-state index is 0.219. The van der Waals surface area contributed by atoms with E-state index in [4.69, 9.17) is 4.74 Å². The molecule has 2 atom stereocenters. The van der Waals surface area contributed by atoms with Gasteiger partial charge in [-0.25, -0.2) is 0 Å². The van der Waals surface area contributed by atoms with Gasteiger partial charge in [0, 0.05) is 13.1 Å². The first-order valence-electron chi connectivity index (χ1n) is 5.59. The number of morpholine rings is 1. The Kier molecular flexibility index (Phi) is 3.74. The summed E-state index contributed by atoms with van der Waals surface area (Å²) in [6.07, 6.45) is 0.444. The fourth-order valence-corrected chi connectivity index (χ4v) is 2.79. The van der Waals surface area contributed by atoms with Crippen molar-refractivity contribution >= 4 is 17.1 Å². The molecule has 2 rings (SSSR count). The molecule has 3 nitrogen and oxygen atoms in total.